The lowest BCUT2D eigenvalue weighted by Gasteiger charge is -2.27. The Hall–Kier alpha value is -4.59. The number of nitrogens with zero attached hydrogens (tertiary/aromatic N) is 2. The second-order valence-corrected chi connectivity index (χ2v) is 18.2. The first-order valence-electron chi connectivity index (χ1n) is 20.3. The second-order valence-electron chi connectivity index (χ2n) is 14.9. The monoisotopic (exact) mass is 812 g/mol. The molecule has 3 aromatic heterocycles. The summed E-state index contributed by atoms with van der Waals surface area (Å²) in [7, 11) is 0. The minimum Gasteiger partial charge on any atom is -0.492 e. The minimum absolute atomic E-state index is 0.0526. The first-order chi connectivity index (χ1) is 28.0. The molecule has 1 saturated heterocycles. The van der Waals surface area contributed by atoms with Crippen molar-refractivity contribution < 1.29 is 19.4 Å². The summed E-state index contributed by atoms with van der Waals surface area (Å²) < 4.78 is 15.4. The van der Waals surface area contributed by atoms with Gasteiger partial charge in [-0.3, -0.25) is 0 Å². The van der Waals surface area contributed by atoms with Gasteiger partial charge in [0.25, 0.3) is 0 Å². The molecule has 0 spiro atoms. The van der Waals surface area contributed by atoms with Gasteiger partial charge in [-0.2, -0.15) is 5.26 Å². The molecule has 9 heteroatoms. The molecule has 8 rings (SSSR count). The number of aryl methyl sites for hydroxylation is 2. The highest BCUT2D eigenvalue weighted by Crippen LogP contribution is 2.57. The number of hydrogen-bond acceptors (Lipinski definition) is 7. The maximum Gasteiger partial charge on any atom is 0.346 e. The summed E-state index contributed by atoms with van der Waals surface area (Å²) in [5.74, 6) is -0.260. The van der Waals surface area contributed by atoms with E-state index in [1.807, 2.05) is 29.2 Å². The van der Waals surface area contributed by atoms with Gasteiger partial charge in [-0.15, -0.1) is 34.4 Å². The average molecular weight is 813 g/mol. The van der Waals surface area contributed by atoms with Gasteiger partial charge < -0.3 is 19.1 Å². The maximum atomic E-state index is 11.8. The van der Waals surface area contributed by atoms with E-state index < -0.39 is 5.97 Å². The number of nitriles is 1. The lowest BCUT2D eigenvalue weighted by Crippen LogP contribution is -2.28. The molecule has 5 heterocycles. The number of aliphatic carboxylic acids is 1. The second kappa shape index (κ2) is 17.9. The maximum absolute atomic E-state index is 11.8. The number of para-hydroxylation sites is 2. The Morgan fingerprint density at radius 1 is 0.842 bits per heavy atom. The van der Waals surface area contributed by atoms with E-state index in [2.05, 4.69) is 103 Å². The molecule has 0 saturated carbocycles. The summed E-state index contributed by atoms with van der Waals surface area (Å²) in [5, 5.41) is 21.7. The quantitative estimate of drug-likeness (QED) is 0.0595. The third-order valence-electron chi connectivity index (χ3n) is 11.0. The lowest BCUT2D eigenvalue weighted by atomic mass is 10.0. The van der Waals surface area contributed by atoms with Crippen LogP contribution in [0.25, 0.3) is 48.2 Å². The third-order valence-corrected chi connectivity index (χ3v) is 15.1. The zero-order chi connectivity index (χ0) is 39.3. The van der Waals surface area contributed by atoms with Crippen LogP contribution in [0.3, 0.4) is 0 Å². The topological polar surface area (TPSA) is 84.5 Å². The van der Waals surface area contributed by atoms with Crippen molar-refractivity contribution >= 4 is 73.2 Å². The van der Waals surface area contributed by atoms with Crippen LogP contribution in [0.4, 0.5) is 0 Å². The van der Waals surface area contributed by atoms with Gasteiger partial charge >= 0.3 is 5.97 Å². The van der Waals surface area contributed by atoms with Crippen LogP contribution in [0.1, 0.15) is 96.9 Å². The highest BCUT2D eigenvalue weighted by atomic mass is 32.2. The van der Waals surface area contributed by atoms with Crippen molar-refractivity contribution in [3.8, 4) is 21.5 Å². The number of carboxylic acid groups (broad SMARTS) is 1. The summed E-state index contributed by atoms with van der Waals surface area (Å²) in [6.07, 6.45) is 12.6. The Bertz CT molecular complexity index is 2440. The number of fused-ring (bicyclic) bond motifs is 4. The van der Waals surface area contributed by atoms with Crippen molar-refractivity contribution in [3.05, 3.63) is 123 Å². The Labute approximate surface area is 347 Å². The van der Waals surface area contributed by atoms with Gasteiger partial charge in [-0.05, 0) is 84.8 Å². The fourth-order valence-corrected chi connectivity index (χ4v) is 12.4. The van der Waals surface area contributed by atoms with Gasteiger partial charge in [-0.1, -0.05) is 101 Å². The van der Waals surface area contributed by atoms with E-state index in [0.717, 1.165) is 58.9 Å². The van der Waals surface area contributed by atoms with Crippen LogP contribution in [0, 0.1) is 11.3 Å². The van der Waals surface area contributed by atoms with Crippen molar-refractivity contribution in [1.29, 1.82) is 5.26 Å². The number of hydrogen-bond donors (Lipinski definition) is 1. The smallest absolute Gasteiger partial charge is 0.346 e. The van der Waals surface area contributed by atoms with E-state index in [9.17, 15) is 15.2 Å². The van der Waals surface area contributed by atoms with Crippen molar-refractivity contribution in [2.24, 2.45) is 0 Å². The van der Waals surface area contributed by atoms with Crippen LogP contribution in [-0.4, -0.2) is 35.0 Å². The lowest BCUT2D eigenvalue weighted by molar-refractivity contribution is -0.132. The molecule has 6 aromatic rings. The summed E-state index contributed by atoms with van der Waals surface area (Å²) in [5.41, 5.74) is 7.00. The molecule has 2 unspecified atom stereocenters. The van der Waals surface area contributed by atoms with E-state index in [0.29, 0.717) is 13.2 Å². The van der Waals surface area contributed by atoms with Crippen LogP contribution >= 0.6 is 34.4 Å². The van der Waals surface area contributed by atoms with E-state index in [1.54, 1.807) is 11.3 Å². The summed E-state index contributed by atoms with van der Waals surface area (Å²) in [6.45, 7) is 5.57. The van der Waals surface area contributed by atoms with Crippen LogP contribution in [0.5, 0.6) is 0 Å². The highest BCUT2D eigenvalue weighted by molar-refractivity contribution is 8.09. The van der Waals surface area contributed by atoms with Crippen molar-refractivity contribution in [1.82, 2.24) is 4.57 Å². The predicted molar refractivity (Wildman–Crippen MR) is 238 cm³/mol. The number of unbranched alkanes of at least 4 members (excludes halogenated alkanes) is 6. The van der Waals surface area contributed by atoms with Crippen LogP contribution in [0.15, 0.2) is 96.3 Å². The van der Waals surface area contributed by atoms with E-state index in [4.69, 9.17) is 9.47 Å². The molecule has 0 bridgehead atoms. The number of thioether (sulfide) groups is 1. The number of benzene rings is 3. The fourth-order valence-electron chi connectivity index (χ4n) is 8.19. The van der Waals surface area contributed by atoms with Crippen LogP contribution < -0.4 is 0 Å². The Balaban J connectivity index is 1.15. The van der Waals surface area contributed by atoms with Crippen LogP contribution in [-0.2, 0) is 27.1 Å². The first-order valence-corrected chi connectivity index (χ1v) is 22.8. The largest absolute Gasteiger partial charge is 0.492 e. The van der Waals surface area contributed by atoms with Crippen molar-refractivity contribution in [3.63, 3.8) is 0 Å². The third kappa shape index (κ3) is 8.11. The van der Waals surface area contributed by atoms with Crippen molar-refractivity contribution in [2.75, 3.05) is 13.2 Å². The molecule has 292 valence electrons. The number of aromatic nitrogens is 1. The van der Waals surface area contributed by atoms with E-state index >= 15 is 0 Å². The molecule has 2 aliphatic rings. The molecular formula is C48H48N2O4S3. The SMILES string of the molecule is CCCCCCc1cc(/C=C(\C#N)C(=O)O)sc1-c1cc(CCCCCC)c(C2SC(c3ccc(-n4c5ccccc5c5ccccc54)cc3)=C3OCCOC32)s1. The Kier molecular flexibility index (Phi) is 12.3. The molecule has 0 aliphatic carbocycles. The molecule has 57 heavy (non-hydrogen) atoms. The molecule has 1 N–H and O–H groups in total. The zero-order valence-corrected chi connectivity index (χ0v) is 35.0. The predicted octanol–water partition coefficient (Wildman–Crippen LogP) is 13.4. The van der Waals surface area contributed by atoms with Gasteiger partial charge in [0.2, 0.25) is 0 Å². The summed E-state index contributed by atoms with van der Waals surface area (Å²) in [6, 6.07) is 32.5. The molecule has 2 atom stereocenters. The molecule has 6 nitrogen and oxygen atoms in total. The highest BCUT2D eigenvalue weighted by Gasteiger charge is 2.43. The van der Waals surface area contributed by atoms with Gasteiger partial charge in [0, 0.05) is 36.0 Å². The number of carboxylic acids is 1. The molecule has 2 aliphatic heterocycles. The standard InChI is InChI=1S/C48H48N2O4S3/c1-3-5-7-9-15-32-27-36(28-34(30-49)48(51)52)55-44(32)41-29-33(16-10-8-6-4-2)46(56-41)47-43-42(53-25-26-54-43)45(57-47)31-21-23-35(24-22-31)50-39-19-13-11-17-37(39)38-18-12-14-20-40(38)50/h11-14,17-24,27-29,43,47H,3-10,15-16,25-26H2,1-2H3,(H,51,52)/b34-28+. The number of ether oxygens (including phenoxy) is 2. The first kappa shape index (κ1) is 39.2. The van der Waals surface area contributed by atoms with E-state index in [1.165, 1.54) is 85.7 Å². The summed E-state index contributed by atoms with van der Waals surface area (Å²) in [4.78, 5) is 17.5. The number of thiophene rings is 2. The fraction of sp³-hybridized carbons (Fsp3) is 0.333. The van der Waals surface area contributed by atoms with Gasteiger partial charge in [0.15, 0.2) is 0 Å². The molecule has 0 amide bonds. The Morgan fingerprint density at radius 2 is 1.51 bits per heavy atom. The number of carbonyl (C=O) groups is 1. The normalized spacial score (nSPS) is 17.0. The van der Waals surface area contributed by atoms with Gasteiger partial charge in [-0.25, -0.2) is 4.79 Å². The van der Waals surface area contributed by atoms with Gasteiger partial charge in [0.05, 0.1) is 27.8 Å². The average Bonchev–Trinajstić information content (AvgIpc) is 4.02. The molecule has 3 aromatic carbocycles. The van der Waals surface area contributed by atoms with Crippen LogP contribution in [0.2, 0.25) is 0 Å². The van der Waals surface area contributed by atoms with Gasteiger partial charge in [0.1, 0.15) is 30.1 Å². The molecular weight excluding hydrogens is 765 g/mol. The number of rotatable bonds is 16. The van der Waals surface area contributed by atoms with Crippen molar-refractivity contribution in [2.45, 2.75) is 89.4 Å². The Morgan fingerprint density at radius 3 is 2.16 bits per heavy atom. The minimum atomic E-state index is -1.20. The zero-order valence-electron chi connectivity index (χ0n) is 32.6. The molecule has 1 fully saturated rings. The summed E-state index contributed by atoms with van der Waals surface area (Å²) >= 11 is 5.32. The van der Waals surface area contributed by atoms with E-state index in [-0.39, 0.29) is 16.9 Å². The molecule has 0 radical (unpaired) electrons.